The van der Waals surface area contributed by atoms with Gasteiger partial charge in [-0.3, -0.25) is 4.79 Å². The van der Waals surface area contributed by atoms with E-state index in [9.17, 15) is 14.7 Å². The van der Waals surface area contributed by atoms with Crippen molar-refractivity contribution in [3.05, 3.63) is 87.9 Å². The average Bonchev–Trinajstić information content (AvgIpc) is 3.64. The first-order chi connectivity index (χ1) is 20.0. The number of aromatic nitrogens is 1. The number of H-pyrrole nitrogens is 1. The molecule has 5 aromatic rings. The van der Waals surface area contributed by atoms with Gasteiger partial charge in [-0.1, -0.05) is 30.3 Å². The number of aromatic amines is 1. The van der Waals surface area contributed by atoms with Crippen molar-refractivity contribution in [2.45, 2.75) is 18.8 Å². The Labute approximate surface area is 234 Å². The van der Waals surface area contributed by atoms with E-state index in [2.05, 4.69) is 10.3 Å². The minimum atomic E-state index is -0.970. The average molecular weight is 557 g/mol. The smallest absolute Gasteiger partial charge is 0.343 e. The van der Waals surface area contributed by atoms with E-state index >= 15 is 0 Å². The summed E-state index contributed by atoms with van der Waals surface area (Å²) in [6.45, 7) is 0.321. The molecule has 6 rings (SSSR count). The lowest BCUT2D eigenvalue weighted by Crippen LogP contribution is -2.28. The van der Waals surface area contributed by atoms with Gasteiger partial charge in [-0.25, -0.2) is 4.79 Å². The van der Waals surface area contributed by atoms with Gasteiger partial charge in [-0.15, -0.1) is 0 Å². The van der Waals surface area contributed by atoms with Gasteiger partial charge in [-0.2, -0.15) is 0 Å². The summed E-state index contributed by atoms with van der Waals surface area (Å²) in [6.07, 6.45) is 2.34. The Kier molecular flexibility index (Phi) is 6.88. The fourth-order valence-electron chi connectivity index (χ4n) is 5.41. The Balaban J connectivity index is 1.38. The maximum absolute atomic E-state index is 13.4. The minimum absolute atomic E-state index is 0.0478. The molecule has 10 nitrogen and oxygen atoms in total. The highest BCUT2D eigenvalue weighted by molar-refractivity contribution is 5.86. The van der Waals surface area contributed by atoms with E-state index in [0.29, 0.717) is 35.4 Å². The molecular formula is C31H28N2O8. The largest absolute Gasteiger partial charge is 0.507 e. The monoisotopic (exact) mass is 556 g/mol. The molecule has 41 heavy (non-hydrogen) atoms. The molecule has 3 N–H and O–H groups in total. The Bertz CT molecular complexity index is 1820. The lowest BCUT2D eigenvalue weighted by Gasteiger charge is -2.22. The molecule has 0 radical (unpaired) electrons. The zero-order valence-corrected chi connectivity index (χ0v) is 22.5. The van der Waals surface area contributed by atoms with E-state index in [1.165, 1.54) is 14.2 Å². The van der Waals surface area contributed by atoms with Crippen molar-refractivity contribution >= 4 is 27.8 Å². The summed E-state index contributed by atoms with van der Waals surface area (Å²) in [6, 6.07) is 16.3. The number of benzene rings is 3. The number of rotatable bonds is 9. The highest BCUT2D eigenvalue weighted by atomic mass is 16.7. The first-order valence-electron chi connectivity index (χ1n) is 13.1. The maximum Gasteiger partial charge on any atom is 0.343 e. The van der Waals surface area contributed by atoms with Crippen molar-refractivity contribution in [3.8, 4) is 28.7 Å². The van der Waals surface area contributed by atoms with Gasteiger partial charge in [-0.05, 0) is 36.2 Å². The summed E-state index contributed by atoms with van der Waals surface area (Å²) in [5, 5.41) is 15.7. The van der Waals surface area contributed by atoms with Crippen LogP contribution in [0.2, 0.25) is 0 Å². The van der Waals surface area contributed by atoms with Crippen molar-refractivity contribution in [2.75, 3.05) is 27.6 Å². The molecule has 0 saturated heterocycles. The molecule has 10 heteroatoms. The van der Waals surface area contributed by atoms with Gasteiger partial charge in [0.05, 0.1) is 25.2 Å². The van der Waals surface area contributed by atoms with E-state index in [1.807, 2.05) is 30.5 Å². The van der Waals surface area contributed by atoms with Crippen LogP contribution in [0.3, 0.4) is 0 Å². The van der Waals surface area contributed by atoms with Gasteiger partial charge in [0.15, 0.2) is 11.5 Å². The van der Waals surface area contributed by atoms with Crippen LogP contribution < -0.4 is 29.9 Å². The number of para-hydroxylation sites is 2. The number of carbonyl (C=O) groups is 1. The summed E-state index contributed by atoms with van der Waals surface area (Å²) >= 11 is 0. The molecule has 0 aliphatic carbocycles. The van der Waals surface area contributed by atoms with Gasteiger partial charge in [0.25, 0.3) is 0 Å². The molecule has 0 spiro atoms. The second-order valence-electron chi connectivity index (χ2n) is 9.63. The number of aromatic hydroxyl groups is 1. The zero-order valence-electron chi connectivity index (χ0n) is 22.5. The fourth-order valence-corrected chi connectivity index (χ4v) is 5.41. The molecule has 0 saturated carbocycles. The number of carbonyl (C=O) groups excluding carboxylic acids is 1. The van der Waals surface area contributed by atoms with Gasteiger partial charge >= 0.3 is 5.63 Å². The van der Waals surface area contributed by atoms with Crippen molar-refractivity contribution in [1.29, 1.82) is 0 Å². The lowest BCUT2D eigenvalue weighted by molar-refractivity contribution is -0.121. The number of fused-ring (bicyclic) bond motifs is 3. The Morgan fingerprint density at radius 2 is 1.80 bits per heavy atom. The van der Waals surface area contributed by atoms with Crippen molar-refractivity contribution in [3.63, 3.8) is 0 Å². The topological polar surface area (TPSA) is 132 Å². The molecule has 1 amide bonds. The molecule has 1 aliphatic rings. The van der Waals surface area contributed by atoms with Crippen LogP contribution >= 0.6 is 0 Å². The molecule has 1 unspecified atom stereocenters. The van der Waals surface area contributed by atoms with Gasteiger partial charge in [0.1, 0.15) is 11.3 Å². The van der Waals surface area contributed by atoms with Crippen molar-refractivity contribution in [2.24, 2.45) is 0 Å². The van der Waals surface area contributed by atoms with Crippen LogP contribution in [0.15, 0.2) is 70.0 Å². The molecule has 3 aromatic carbocycles. The summed E-state index contributed by atoms with van der Waals surface area (Å²) < 4.78 is 28.0. The van der Waals surface area contributed by atoms with Crippen LogP contribution in [0.1, 0.15) is 29.0 Å². The van der Waals surface area contributed by atoms with Crippen LogP contribution in [-0.2, 0) is 11.2 Å². The van der Waals surface area contributed by atoms with E-state index in [-0.39, 0.29) is 47.5 Å². The van der Waals surface area contributed by atoms with Gasteiger partial charge in [0, 0.05) is 41.5 Å². The second-order valence-corrected chi connectivity index (χ2v) is 9.63. The third kappa shape index (κ3) is 4.67. The van der Waals surface area contributed by atoms with E-state index in [4.69, 9.17) is 23.4 Å². The SMILES string of the molecule is COc1cc(C(CC(=O)NCCc2c[nH]c3ccccc23)c2c(O)c3ccccc3oc2=O)c(OC)c2c1OCO2. The number of nitrogens with one attached hydrogen (secondary N) is 2. The molecule has 210 valence electrons. The van der Waals surface area contributed by atoms with E-state index < -0.39 is 11.5 Å². The van der Waals surface area contributed by atoms with Crippen LogP contribution in [0.25, 0.3) is 21.9 Å². The molecular weight excluding hydrogens is 528 g/mol. The summed E-state index contributed by atoms with van der Waals surface area (Å²) in [7, 11) is 2.93. The maximum atomic E-state index is 13.4. The van der Waals surface area contributed by atoms with Crippen LogP contribution in [-0.4, -0.2) is 43.6 Å². The third-order valence-corrected chi connectivity index (χ3v) is 7.34. The van der Waals surface area contributed by atoms with E-state index in [0.717, 1.165) is 16.5 Å². The highest BCUT2D eigenvalue weighted by Crippen LogP contribution is 2.53. The Morgan fingerprint density at radius 3 is 2.61 bits per heavy atom. The molecule has 3 heterocycles. The van der Waals surface area contributed by atoms with E-state index in [1.54, 1.807) is 30.3 Å². The van der Waals surface area contributed by atoms with Gasteiger partial charge in [0.2, 0.25) is 24.2 Å². The Hall–Kier alpha value is -5.12. The summed E-state index contributed by atoms with van der Waals surface area (Å²) in [5.74, 6) is -0.333. The molecule has 0 fully saturated rings. The highest BCUT2D eigenvalue weighted by Gasteiger charge is 2.35. The summed E-state index contributed by atoms with van der Waals surface area (Å²) in [5.41, 5.74) is 1.89. The normalized spacial score (nSPS) is 12.9. The number of amides is 1. The van der Waals surface area contributed by atoms with Gasteiger partial charge < -0.3 is 38.8 Å². The van der Waals surface area contributed by atoms with Crippen LogP contribution in [0.4, 0.5) is 0 Å². The molecule has 2 aromatic heterocycles. The number of ether oxygens (including phenoxy) is 4. The number of hydrogen-bond donors (Lipinski definition) is 3. The summed E-state index contributed by atoms with van der Waals surface area (Å²) in [4.78, 5) is 30.0. The first kappa shape index (κ1) is 26.1. The van der Waals surface area contributed by atoms with Crippen molar-refractivity contribution < 1.29 is 33.3 Å². The van der Waals surface area contributed by atoms with Crippen LogP contribution in [0, 0.1) is 0 Å². The van der Waals surface area contributed by atoms with Crippen LogP contribution in [0.5, 0.6) is 28.7 Å². The minimum Gasteiger partial charge on any atom is -0.507 e. The third-order valence-electron chi connectivity index (χ3n) is 7.34. The number of methoxy groups -OCH3 is 2. The molecule has 1 atom stereocenters. The molecule has 1 aliphatic heterocycles. The zero-order chi connectivity index (χ0) is 28.5. The van der Waals surface area contributed by atoms with Crippen molar-refractivity contribution in [1.82, 2.24) is 10.3 Å². The first-order valence-corrected chi connectivity index (χ1v) is 13.1. The fraction of sp³-hybridized carbons (Fsp3) is 0.226. The lowest BCUT2D eigenvalue weighted by atomic mass is 9.86. The quantitative estimate of drug-likeness (QED) is 0.224. The predicted molar refractivity (Wildman–Crippen MR) is 151 cm³/mol. The second kappa shape index (κ2) is 10.8. The predicted octanol–water partition coefficient (Wildman–Crippen LogP) is 4.61. The Morgan fingerprint density at radius 1 is 1.05 bits per heavy atom. The molecule has 0 bridgehead atoms. The number of hydrogen-bond acceptors (Lipinski definition) is 8. The standard InChI is InChI=1S/C31H28N2O8/c1-37-24-13-21(28(38-2)30-29(24)39-16-40-30)20(26-27(35)19-8-4-6-10-23(19)41-31(26)36)14-25(34)32-12-11-17-15-33-22-9-5-3-7-18(17)22/h3-10,13,15,20,33,35H,11-12,14,16H2,1-2H3,(H,32,34).